The molecule has 0 bridgehead atoms. The van der Waals surface area contributed by atoms with Crippen molar-refractivity contribution in [2.24, 2.45) is 0 Å². The molecule has 0 fully saturated rings. The Bertz CT molecular complexity index is 584. The smallest absolute Gasteiger partial charge is 0.117 e. The van der Waals surface area contributed by atoms with Gasteiger partial charge in [0.2, 0.25) is 0 Å². The summed E-state index contributed by atoms with van der Waals surface area (Å²) in [5.41, 5.74) is 2.12. The van der Waals surface area contributed by atoms with Crippen molar-refractivity contribution in [1.29, 1.82) is 0 Å². The summed E-state index contributed by atoms with van der Waals surface area (Å²) in [6.45, 7) is 4.45. The summed E-state index contributed by atoms with van der Waals surface area (Å²) in [4.78, 5) is 0. The Morgan fingerprint density at radius 1 is 0.833 bits per heavy atom. The van der Waals surface area contributed by atoms with Gasteiger partial charge in [0.05, 0.1) is 0 Å². The van der Waals surface area contributed by atoms with Gasteiger partial charge in [-0.1, -0.05) is 13.1 Å². The molecule has 3 nitrogen and oxygen atoms in total. The fourth-order valence-corrected chi connectivity index (χ4v) is 5.55. The van der Waals surface area contributed by atoms with Crippen molar-refractivity contribution in [3.05, 3.63) is 36.4 Å². The Kier molecular flexibility index (Phi) is 2.19. The summed E-state index contributed by atoms with van der Waals surface area (Å²) >= 11 is 0. The number of phenolic OH excluding ortho intramolecular Hbond substituents is 2. The highest BCUT2D eigenvalue weighted by Crippen LogP contribution is 2.28. The first-order chi connectivity index (χ1) is 8.48. The number of rotatable bonds is 0. The van der Waals surface area contributed by atoms with E-state index in [1.54, 1.807) is 12.1 Å². The maximum Gasteiger partial charge on any atom is 0.117 e. The minimum absolute atomic E-state index is 0.291. The fourth-order valence-electron chi connectivity index (χ4n) is 2.61. The molecule has 0 unspecified atom stereocenters. The zero-order chi connectivity index (χ0) is 12.9. The Morgan fingerprint density at radius 2 is 1.28 bits per heavy atom. The maximum atomic E-state index is 9.67. The third-order valence-corrected chi connectivity index (χ3v) is 7.14. The van der Waals surface area contributed by atoms with Crippen molar-refractivity contribution < 1.29 is 10.2 Å². The summed E-state index contributed by atoms with van der Waals surface area (Å²) < 4.78 is 0. The lowest BCUT2D eigenvalue weighted by Gasteiger charge is -2.34. The van der Waals surface area contributed by atoms with Crippen LogP contribution in [0.5, 0.6) is 11.5 Å². The second-order valence-electron chi connectivity index (χ2n) is 5.21. The molecule has 1 heterocycles. The molecule has 2 aromatic carbocycles. The highest BCUT2D eigenvalue weighted by molar-refractivity contribution is 7.02. The van der Waals surface area contributed by atoms with Gasteiger partial charge in [0.25, 0.3) is 0 Å². The SMILES string of the molecule is C[Si]1(C)c2cc(O)ccc2Nc2ccc(O)cc21. The van der Waals surface area contributed by atoms with E-state index in [2.05, 4.69) is 18.4 Å². The summed E-state index contributed by atoms with van der Waals surface area (Å²) in [6.07, 6.45) is 0. The van der Waals surface area contributed by atoms with E-state index in [-0.39, 0.29) is 0 Å². The van der Waals surface area contributed by atoms with Crippen molar-refractivity contribution in [2.75, 3.05) is 5.32 Å². The molecule has 4 heteroatoms. The first-order valence-electron chi connectivity index (χ1n) is 5.92. The quantitative estimate of drug-likeness (QED) is 0.499. The number of aromatic hydroxyl groups is 2. The van der Waals surface area contributed by atoms with Crippen LogP contribution in [-0.4, -0.2) is 18.3 Å². The Labute approximate surface area is 107 Å². The molecule has 2 aromatic rings. The van der Waals surface area contributed by atoms with Crippen LogP contribution in [0, 0.1) is 0 Å². The molecule has 0 saturated carbocycles. The lowest BCUT2D eigenvalue weighted by molar-refractivity contribution is 0.475. The van der Waals surface area contributed by atoms with Gasteiger partial charge < -0.3 is 15.5 Å². The average Bonchev–Trinajstić information content (AvgIpc) is 2.32. The normalized spacial score (nSPS) is 15.4. The standard InChI is InChI=1S/C14H15NO2Si/c1-18(2)13-7-9(16)3-5-11(13)15-12-6-4-10(17)8-14(12)18/h3-8,15-17H,1-2H3. The van der Waals surface area contributed by atoms with Crippen LogP contribution < -0.4 is 15.7 Å². The number of hydrogen-bond acceptors (Lipinski definition) is 3. The summed E-state index contributed by atoms with van der Waals surface area (Å²) in [6, 6.07) is 10.9. The summed E-state index contributed by atoms with van der Waals surface area (Å²) in [7, 11) is -1.88. The van der Waals surface area contributed by atoms with Crippen LogP contribution in [0.4, 0.5) is 11.4 Å². The molecule has 0 amide bonds. The van der Waals surface area contributed by atoms with E-state index >= 15 is 0 Å². The lowest BCUT2D eigenvalue weighted by Crippen LogP contribution is -2.56. The number of benzene rings is 2. The molecular formula is C14H15NO2Si. The van der Waals surface area contributed by atoms with Crippen LogP contribution in [0.3, 0.4) is 0 Å². The van der Waals surface area contributed by atoms with Crippen LogP contribution >= 0.6 is 0 Å². The molecule has 0 spiro atoms. The van der Waals surface area contributed by atoms with E-state index < -0.39 is 8.07 Å². The molecule has 0 radical (unpaired) electrons. The van der Waals surface area contributed by atoms with Gasteiger partial charge in [-0.3, -0.25) is 0 Å². The van der Waals surface area contributed by atoms with E-state index in [0.717, 1.165) is 11.4 Å². The van der Waals surface area contributed by atoms with E-state index in [1.807, 2.05) is 24.3 Å². The second kappa shape index (κ2) is 3.52. The first-order valence-corrected chi connectivity index (χ1v) is 8.92. The van der Waals surface area contributed by atoms with Gasteiger partial charge in [-0.05, 0) is 46.8 Å². The third-order valence-electron chi connectivity index (χ3n) is 3.62. The molecule has 92 valence electrons. The van der Waals surface area contributed by atoms with E-state index in [4.69, 9.17) is 0 Å². The number of fused-ring (bicyclic) bond motifs is 2. The van der Waals surface area contributed by atoms with Gasteiger partial charge in [-0.2, -0.15) is 0 Å². The predicted molar refractivity (Wildman–Crippen MR) is 76.2 cm³/mol. The van der Waals surface area contributed by atoms with Crippen LogP contribution in [0.15, 0.2) is 36.4 Å². The number of hydrogen-bond donors (Lipinski definition) is 3. The van der Waals surface area contributed by atoms with Crippen molar-refractivity contribution >= 4 is 29.8 Å². The van der Waals surface area contributed by atoms with E-state index in [0.29, 0.717) is 11.5 Å². The molecule has 1 aliphatic heterocycles. The van der Waals surface area contributed by atoms with Crippen molar-refractivity contribution in [1.82, 2.24) is 0 Å². The summed E-state index contributed by atoms with van der Waals surface area (Å²) in [5.74, 6) is 0.583. The third kappa shape index (κ3) is 1.49. The molecule has 3 rings (SSSR count). The molecule has 0 atom stereocenters. The Hall–Kier alpha value is -1.94. The molecule has 0 aliphatic carbocycles. The lowest BCUT2D eigenvalue weighted by atomic mass is 10.2. The van der Waals surface area contributed by atoms with Crippen LogP contribution in [0.1, 0.15) is 0 Å². The van der Waals surface area contributed by atoms with Gasteiger partial charge in [-0.25, -0.2) is 0 Å². The van der Waals surface area contributed by atoms with Gasteiger partial charge in [0, 0.05) is 11.4 Å². The number of anilines is 2. The predicted octanol–water partition coefficient (Wildman–Crippen LogP) is 1.98. The zero-order valence-corrected chi connectivity index (χ0v) is 11.4. The fraction of sp³-hybridized carbons (Fsp3) is 0.143. The van der Waals surface area contributed by atoms with Gasteiger partial charge in [0.15, 0.2) is 0 Å². The zero-order valence-electron chi connectivity index (χ0n) is 10.4. The molecule has 18 heavy (non-hydrogen) atoms. The Balaban J connectivity index is 2.27. The minimum atomic E-state index is -1.88. The average molecular weight is 257 g/mol. The molecule has 1 aliphatic rings. The second-order valence-corrected chi connectivity index (χ2v) is 9.54. The number of nitrogens with one attached hydrogen (secondary N) is 1. The van der Waals surface area contributed by atoms with Gasteiger partial charge in [0.1, 0.15) is 19.6 Å². The van der Waals surface area contributed by atoms with E-state index in [9.17, 15) is 10.2 Å². The molecule has 0 aromatic heterocycles. The van der Waals surface area contributed by atoms with Crippen LogP contribution in [-0.2, 0) is 0 Å². The van der Waals surface area contributed by atoms with Gasteiger partial charge >= 0.3 is 0 Å². The Morgan fingerprint density at radius 3 is 1.72 bits per heavy atom. The van der Waals surface area contributed by atoms with Crippen molar-refractivity contribution in [3.63, 3.8) is 0 Å². The molecular weight excluding hydrogens is 242 g/mol. The summed E-state index contributed by atoms with van der Waals surface area (Å²) in [5, 5.41) is 25.0. The maximum absolute atomic E-state index is 9.67. The number of phenols is 2. The highest BCUT2D eigenvalue weighted by Gasteiger charge is 2.35. The molecule has 0 saturated heterocycles. The monoisotopic (exact) mass is 257 g/mol. The minimum Gasteiger partial charge on any atom is -0.508 e. The topological polar surface area (TPSA) is 52.5 Å². The highest BCUT2D eigenvalue weighted by atomic mass is 28.3. The van der Waals surface area contributed by atoms with Gasteiger partial charge in [-0.15, -0.1) is 0 Å². The van der Waals surface area contributed by atoms with Crippen LogP contribution in [0.2, 0.25) is 13.1 Å². The van der Waals surface area contributed by atoms with Crippen molar-refractivity contribution in [2.45, 2.75) is 13.1 Å². The van der Waals surface area contributed by atoms with Crippen LogP contribution in [0.25, 0.3) is 0 Å². The van der Waals surface area contributed by atoms with E-state index in [1.165, 1.54) is 10.4 Å². The first kappa shape index (κ1) is 11.2. The molecule has 3 N–H and O–H groups in total. The van der Waals surface area contributed by atoms with Crippen molar-refractivity contribution in [3.8, 4) is 11.5 Å². The largest absolute Gasteiger partial charge is 0.508 e.